The first-order chi connectivity index (χ1) is 8.56. The SMILES string of the molecule is Cn1cc(CNC(=O)c2ccc(I)c(Cl)c2)cn1. The van der Waals surface area contributed by atoms with Gasteiger partial charge in [-0.15, -0.1) is 0 Å². The molecule has 2 aromatic rings. The molecule has 0 atom stereocenters. The highest BCUT2D eigenvalue weighted by atomic mass is 127. The van der Waals surface area contributed by atoms with E-state index in [2.05, 4.69) is 33.0 Å². The summed E-state index contributed by atoms with van der Waals surface area (Å²) in [6.07, 6.45) is 3.59. The molecule has 6 heteroatoms. The van der Waals surface area contributed by atoms with Gasteiger partial charge in [-0.25, -0.2) is 0 Å². The largest absolute Gasteiger partial charge is 0.348 e. The smallest absolute Gasteiger partial charge is 0.251 e. The maximum atomic E-state index is 11.9. The summed E-state index contributed by atoms with van der Waals surface area (Å²) >= 11 is 8.10. The average Bonchev–Trinajstić information content (AvgIpc) is 2.75. The fraction of sp³-hybridized carbons (Fsp3) is 0.167. The summed E-state index contributed by atoms with van der Waals surface area (Å²) in [5.41, 5.74) is 1.52. The Balaban J connectivity index is 2.01. The Hall–Kier alpha value is -1.08. The monoisotopic (exact) mass is 375 g/mol. The molecule has 0 fully saturated rings. The van der Waals surface area contributed by atoms with Crippen LogP contribution in [-0.2, 0) is 13.6 Å². The zero-order chi connectivity index (χ0) is 13.1. The number of halogens is 2. The van der Waals surface area contributed by atoms with E-state index in [1.807, 2.05) is 19.3 Å². The van der Waals surface area contributed by atoms with Crippen molar-refractivity contribution in [3.05, 3.63) is 50.3 Å². The van der Waals surface area contributed by atoms with Crippen molar-refractivity contribution in [2.24, 2.45) is 7.05 Å². The lowest BCUT2D eigenvalue weighted by Crippen LogP contribution is -2.22. The van der Waals surface area contributed by atoms with Crippen LogP contribution in [-0.4, -0.2) is 15.7 Å². The number of aryl methyl sites for hydroxylation is 1. The predicted octanol–water partition coefficient (Wildman–Crippen LogP) is 2.61. The van der Waals surface area contributed by atoms with Gasteiger partial charge < -0.3 is 5.32 Å². The van der Waals surface area contributed by atoms with E-state index in [-0.39, 0.29) is 5.91 Å². The molecule has 0 aliphatic carbocycles. The fourth-order valence-corrected chi connectivity index (χ4v) is 2.00. The van der Waals surface area contributed by atoms with Crippen molar-refractivity contribution in [3.8, 4) is 0 Å². The van der Waals surface area contributed by atoms with Crippen molar-refractivity contribution in [2.45, 2.75) is 6.54 Å². The van der Waals surface area contributed by atoms with E-state index >= 15 is 0 Å². The minimum Gasteiger partial charge on any atom is -0.348 e. The number of hydrogen-bond acceptors (Lipinski definition) is 2. The van der Waals surface area contributed by atoms with Gasteiger partial charge in [0.1, 0.15) is 0 Å². The van der Waals surface area contributed by atoms with Crippen molar-refractivity contribution < 1.29 is 4.79 Å². The zero-order valence-electron chi connectivity index (χ0n) is 9.65. The molecule has 0 spiro atoms. The van der Waals surface area contributed by atoms with Crippen LogP contribution in [0.2, 0.25) is 5.02 Å². The summed E-state index contributed by atoms with van der Waals surface area (Å²) in [6.45, 7) is 0.455. The van der Waals surface area contributed by atoms with Gasteiger partial charge in [-0.3, -0.25) is 9.48 Å². The van der Waals surface area contributed by atoms with Gasteiger partial charge in [0.15, 0.2) is 0 Å². The molecule has 4 nitrogen and oxygen atoms in total. The van der Waals surface area contributed by atoms with Crippen LogP contribution in [0.3, 0.4) is 0 Å². The Bertz CT molecular complexity index is 582. The van der Waals surface area contributed by atoms with Crippen LogP contribution in [0.4, 0.5) is 0 Å². The van der Waals surface area contributed by atoms with Gasteiger partial charge in [-0.2, -0.15) is 5.10 Å². The number of nitrogens with zero attached hydrogens (tertiary/aromatic N) is 2. The number of nitrogens with one attached hydrogen (secondary N) is 1. The Kier molecular flexibility index (Phi) is 4.23. The second kappa shape index (κ2) is 5.71. The molecule has 0 radical (unpaired) electrons. The van der Waals surface area contributed by atoms with Crippen molar-refractivity contribution >= 4 is 40.1 Å². The molecule has 0 bridgehead atoms. The number of amides is 1. The van der Waals surface area contributed by atoms with E-state index in [0.29, 0.717) is 17.1 Å². The van der Waals surface area contributed by atoms with E-state index in [1.165, 1.54) is 0 Å². The predicted molar refractivity (Wildman–Crippen MR) is 78.5 cm³/mol. The number of rotatable bonds is 3. The molecule has 2 rings (SSSR count). The standard InChI is InChI=1S/C12H11ClIN3O/c1-17-7-8(6-16-17)5-15-12(18)9-2-3-11(14)10(13)4-9/h2-4,6-7H,5H2,1H3,(H,15,18). The van der Waals surface area contributed by atoms with E-state index < -0.39 is 0 Å². The lowest BCUT2D eigenvalue weighted by molar-refractivity contribution is 0.0951. The van der Waals surface area contributed by atoms with Gasteiger partial charge in [0.2, 0.25) is 0 Å². The van der Waals surface area contributed by atoms with E-state index in [4.69, 9.17) is 11.6 Å². The Labute approximate surface area is 123 Å². The van der Waals surface area contributed by atoms with Gasteiger partial charge in [-0.05, 0) is 40.8 Å². The van der Waals surface area contributed by atoms with Crippen LogP contribution >= 0.6 is 34.2 Å². The molecule has 1 amide bonds. The molecule has 0 saturated heterocycles. The molecule has 0 unspecified atom stereocenters. The number of carbonyl (C=O) groups is 1. The van der Waals surface area contributed by atoms with Crippen molar-refractivity contribution in [1.82, 2.24) is 15.1 Å². The zero-order valence-corrected chi connectivity index (χ0v) is 12.6. The first kappa shape index (κ1) is 13.4. The Morgan fingerprint density at radius 2 is 2.33 bits per heavy atom. The molecular weight excluding hydrogens is 365 g/mol. The summed E-state index contributed by atoms with van der Waals surface area (Å²) in [7, 11) is 1.84. The number of carbonyl (C=O) groups excluding carboxylic acids is 1. The Morgan fingerprint density at radius 3 is 2.94 bits per heavy atom. The molecule has 0 aliphatic rings. The molecule has 1 aromatic heterocycles. The molecule has 1 aromatic carbocycles. The average molecular weight is 376 g/mol. The number of aromatic nitrogens is 2. The van der Waals surface area contributed by atoms with Crippen molar-refractivity contribution in [2.75, 3.05) is 0 Å². The highest BCUT2D eigenvalue weighted by molar-refractivity contribution is 14.1. The van der Waals surface area contributed by atoms with Gasteiger partial charge in [0.25, 0.3) is 5.91 Å². The van der Waals surface area contributed by atoms with Crippen LogP contribution in [0, 0.1) is 3.57 Å². The summed E-state index contributed by atoms with van der Waals surface area (Å²) < 4.78 is 2.63. The molecule has 0 aliphatic heterocycles. The molecule has 94 valence electrons. The highest BCUT2D eigenvalue weighted by Gasteiger charge is 2.07. The topological polar surface area (TPSA) is 46.9 Å². The molecule has 1 N–H and O–H groups in total. The van der Waals surface area contributed by atoms with Gasteiger partial charge >= 0.3 is 0 Å². The van der Waals surface area contributed by atoms with Crippen LogP contribution in [0.5, 0.6) is 0 Å². The lowest BCUT2D eigenvalue weighted by Gasteiger charge is -2.04. The summed E-state index contributed by atoms with van der Waals surface area (Å²) in [5, 5.41) is 7.45. The first-order valence-corrected chi connectivity index (χ1v) is 6.72. The quantitative estimate of drug-likeness (QED) is 0.838. The fourth-order valence-electron chi connectivity index (χ4n) is 1.48. The number of hydrogen-bond donors (Lipinski definition) is 1. The second-order valence-electron chi connectivity index (χ2n) is 3.83. The van der Waals surface area contributed by atoms with Crippen molar-refractivity contribution in [3.63, 3.8) is 0 Å². The maximum absolute atomic E-state index is 11.9. The Morgan fingerprint density at radius 1 is 1.56 bits per heavy atom. The third-order valence-corrected chi connectivity index (χ3v) is 3.97. The lowest BCUT2D eigenvalue weighted by atomic mass is 10.2. The van der Waals surface area contributed by atoms with E-state index in [1.54, 1.807) is 23.0 Å². The van der Waals surface area contributed by atoms with Gasteiger partial charge in [0, 0.05) is 34.5 Å². The summed E-state index contributed by atoms with van der Waals surface area (Å²) in [6, 6.07) is 5.25. The third kappa shape index (κ3) is 3.23. The van der Waals surface area contributed by atoms with E-state index in [0.717, 1.165) is 9.13 Å². The third-order valence-electron chi connectivity index (χ3n) is 2.39. The highest BCUT2D eigenvalue weighted by Crippen LogP contribution is 2.19. The summed E-state index contributed by atoms with van der Waals surface area (Å²) in [5.74, 6) is -0.142. The minimum absolute atomic E-state index is 0.142. The minimum atomic E-state index is -0.142. The summed E-state index contributed by atoms with van der Waals surface area (Å²) in [4.78, 5) is 11.9. The molecule has 0 saturated carbocycles. The van der Waals surface area contributed by atoms with Crippen molar-refractivity contribution in [1.29, 1.82) is 0 Å². The van der Waals surface area contributed by atoms with E-state index in [9.17, 15) is 4.79 Å². The first-order valence-electron chi connectivity index (χ1n) is 5.27. The van der Waals surface area contributed by atoms with Crippen LogP contribution < -0.4 is 5.32 Å². The van der Waals surface area contributed by atoms with Gasteiger partial charge in [-0.1, -0.05) is 11.6 Å². The molecule has 1 heterocycles. The van der Waals surface area contributed by atoms with Gasteiger partial charge in [0.05, 0.1) is 11.2 Å². The normalized spacial score (nSPS) is 10.4. The molecule has 18 heavy (non-hydrogen) atoms. The van der Waals surface area contributed by atoms with Crippen LogP contribution in [0.15, 0.2) is 30.6 Å². The van der Waals surface area contributed by atoms with Crippen LogP contribution in [0.1, 0.15) is 15.9 Å². The maximum Gasteiger partial charge on any atom is 0.251 e. The molecular formula is C12H11ClIN3O. The second-order valence-corrected chi connectivity index (χ2v) is 5.40. The number of benzene rings is 1. The van der Waals surface area contributed by atoms with Crippen LogP contribution in [0.25, 0.3) is 0 Å².